The molecule has 0 atom stereocenters. The van der Waals surface area contributed by atoms with Crippen molar-refractivity contribution in [3.05, 3.63) is 59.2 Å². The van der Waals surface area contributed by atoms with Crippen molar-refractivity contribution in [2.45, 2.75) is 45.4 Å². The number of hydrogen-bond acceptors (Lipinski definition) is 5. The van der Waals surface area contributed by atoms with Crippen LogP contribution in [0.15, 0.2) is 47.4 Å². The first-order valence-corrected chi connectivity index (χ1v) is 12.7. The molecule has 8 heteroatoms. The lowest BCUT2D eigenvalue weighted by molar-refractivity contribution is -0.151. The van der Waals surface area contributed by atoms with Gasteiger partial charge in [-0.25, -0.2) is 8.42 Å². The summed E-state index contributed by atoms with van der Waals surface area (Å²) in [5.41, 5.74) is 3.24. The van der Waals surface area contributed by atoms with E-state index in [1.54, 1.807) is 48.2 Å². The van der Waals surface area contributed by atoms with Crippen LogP contribution in [0.25, 0.3) is 0 Å². The van der Waals surface area contributed by atoms with Crippen molar-refractivity contribution >= 4 is 27.6 Å². The van der Waals surface area contributed by atoms with Gasteiger partial charge in [-0.05, 0) is 75.9 Å². The number of amides is 1. The highest BCUT2D eigenvalue weighted by Crippen LogP contribution is 2.27. The number of hydrogen-bond donors (Lipinski definition) is 0. The Morgan fingerprint density at radius 3 is 2.09 bits per heavy atom. The molecule has 2 aromatic carbocycles. The topological polar surface area (TPSA) is 84.0 Å². The highest BCUT2D eigenvalue weighted by Gasteiger charge is 2.32. The third kappa shape index (κ3) is 5.93. The van der Waals surface area contributed by atoms with E-state index in [2.05, 4.69) is 0 Å². The Hall–Kier alpha value is -2.87. The highest BCUT2D eigenvalue weighted by atomic mass is 32.2. The number of aryl methyl sites for hydroxylation is 3. The van der Waals surface area contributed by atoms with Crippen molar-refractivity contribution < 1.29 is 22.7 Å². The first kappa shape index (κ1) is 24.8. The Labute approximate surface area is 196 Å². The second-order valence-corrected chi connectivity index (χ2v) is 10.4. The van der Waals surface area contributed by atoms with E-state index in [-0.39, 0.29) is 29.2 Å². The molecule has 1 amide bonds. The molecule has 33 heavy (non-hydrogen) atoms. The Morgan fingerprint density at radius 1 is 0.970 bits per heavy atom. The number of ether oxygens (including phenoxy) is 1. The summed E-state index contributed by atoms with van der Waals surface area (Å²) in [4.78, 5) is 27.0. The minimum atomic E-state index is -3.96. The number of nitrogens with zero attached hydrogens (tertiary/aromatic N) is 2. The molecule has 1 fully saturated rings. The van der Waals surface area contributed by atoms with Gasteiger partial charge in [-0.2, -0.15) is 0 Å². The predicted molar refractivity (Wildman–Crippen MR) is 128 cm³/mol. The van der Waals surface area contributed by atoms with Crippen molar-refractivity contribution in [3.63, 3.8) is 0 Å². The lowest BCUT2D eigenvalue weighted by atomic mass is 9.97. The van der Waals surface area contributed by atoms with Crippen LogP contribution in [0.3, 0.4) is 0 Å². The maximum absolute atomic E-state index is 13.6. The average Bonchev–Trinajstić information content (AvgIpc) is 2.77. The molecule has 3 rings (SSSR count). The summed E-state index contributed by atoms with van der Waals surface area (Å²) < 4.78 is 33.5. The van der Waals surface area contributed by atoms with Gasteiger partial charge in [-0.3, -0.25) is 13.9 Å². The number of piperidine rings is 1. The number of carbonyl (C=O) groups is 2. The molecule has 0 aromatic heterocycles. The molecule has 0 spiro atoms. The van der Waals surface area contributed by atoms with Crippen molar-refractivity contribution in [2.75, 3.05) is 30.5 Å². The van der Waals surface area contributed by atoms with Gasteiger partial charge in [0.05, 0.1) is 23.1 Å². The Morgan fingerprint density at radius 2 is 1.55 bits per heavy atom. The van der Waals surface area contributed by atoms with Gasteiger partial charge >= 0.3 is 5.97 Å². The summed E-state index contributed by atoms with van der Waals surface area (Å²) >= 11 is 0. The zero-order valence-electron chi connectivity index (χ0n) is 19.7. The maximum atomic E-state index is 13.6. The molecule has 1 aliphatic rings. The van der Waals surface area contributed by atoms with Gasteiger partial charge in [0, 0.05) is 13.1 Å². The molecule has 0 unspecified atom stereocenters. The van der Waals surface area contributed by atoms with E-state index in [0.29, 0.717) is 38.2 Å². The highest BCUT2D eigenvalue weighted by molar-refractivity contribution is 7.92. The number of carbonyl (C=O) groups excluding carboxylic acids is 2. The van der Waals surface area contributed by atoms with Gasteiger partial charge in [-0.1, -0.05) is 23.8 Å². The summed E-state index contributed by atoms with van der Waals surface area (Å²) in [7, 11) is -3.96. The van der Waals surface area contributed by atoms with Crippen LogP contribution in [0.4, 0.5) is 5.69 Å². The minimum Gasteiger partial charge on any atom is -0.466 e. The molecule has 0 bridgehead atoms. The van der Waals surface area contributed by atoms with Gasteiger partial charge in [-0.15, -0.1) is 0 Å². The van der Waals surface area contributed by atoms with E-state index >= 15 is 0 Å². The molecular formula is C25H32N2O5S. The van der Waals surface area contributed by atoms with Crippen LogP contribution in [0.2, 0.25) is 0 Å². The quantitative estimate of drug-likeness (QED) is 0.575. The van der Waals surface area contributed by atoms with Crippen molar-refractivity contribution in [1.82, 2.24) is 4.90 Å². The Kier molecular flexibility index (Phi) is 7.79. The summed E-state index contributed by atoms with van der Waals surface area (Å²) in [6.45, 7) is 8.28. The van der Waals surface area contributed by atoms with E-state index in [1.807, 2.05) is 26.8 Å². The summed E-state index contributed by atoms with van der Waals surface area (Å²) in [6.07, 6.45) is 1.03. The van der Waals surface area contributed by atoms with E-state index in [4.69, 9.17) is 4.74 Å². The van der Waals surface area contributed by atoms with Crippen molar-refractivity contribution in [1.29, 1.82) is 0 Å². The molecule has 1 saturated heterocycles. The Bertz CT molecular complexity index is 1080. The number of rotatable bonds is 7. The fraction of sp³-hybridized carbons (Fsp3) is 0.440. The molecule has 1 aliphatic heterocycles. The lowest BCUT2D eigenvalue weighted by Gasteiger charge is -2.33. The largest absolute Gasteiger partial charge is 0.466 e. The van der Waals surface area contributed by atoms with Crippen LogP contribution >= 0.6 is 0 Å². The first-order chi connectivity index (χ1) is 15.6. The van der Waals surface area contributed by atoms with Gasteiger partial charge in [0.25, 0.3) is 10.0 Å². The van der Waals surface area contributed by atoms with Crippen molar-refractivity contribution in [2.24, 2.45) is 5.92 Å². The summed E-state index contributed by atoms with van der Waals surface area (Å²) in [6, 6.07) is 12.1. The molecule has 1 heterocycles. The van der Waals surface area contributed by atoms with Crippen LogP contribution < -0.4 is 4.31 Å². The number of likely N-dealkylation sites (tertiary alicyclic amines) is 1. The molecule has 0 aliphatic carbocycles. The van der Waals surface area contributed by atoms with Gasteiger partial charge in [0.2, 0.25) is 5.91 Å². The first-order valence-electron chi connectivity index (χ1n) is 11.2. The smallest absolute Gasteiger partial charge is 0.309 e. The summed E-state index contributed by atoms with van der Waals surface area (Å²) in [5, 5.41) is 0. The van der Waals surface area contributed by atoms with E-state index < -0.39 is 10.0 Å². The van der Waals surface area contributed by atoms with Crippen molar-refractivity contribution in [3.8, 4) is 0 Å². The zero-order valence-corrected chi connectivity index (χ0v) is 20.5. The predicted octanol–water partition coefficient (Wildman–Crippen LogP) is 3.61. The SMILES string of the molecule is CCOC(=O)C1CCN(C(=O)CN(c2cc(C)cc(C)c2)S(=O)(=O)c2ccc(C)cc2)CC1. The molecule has 0 saturated carbocycles. The standard InChI is InChI=1S/C25H32N2O5S/c1-5-32-25(29)21-10-12-26(13-11-21)24(28)17-27(22-15-19(3)14-20(4)16-22)33(30,31)23-8-6-18(2)7-9-23/h6-9,14-16,21H,5,10-13,17H2,1-4H3. The van der Waals surface area contributed by atoms with Crippen LogP contribution in [-0.2, 0) is 24.3 Å². The molecule has 178 valence electrons. The van der Waals surface area contributed by atoms with Gasteiger partial charge < -0.3 is 9.64 Å². The second kappa shape index (κ2) is 10.4. The van der Waals surface area contributed by atoms with Crippen LogP contribution in [0.1, 0.15) is 36.5 Å². The number of sulfonamides is 1. The zero-order chi connectivity index (χ0) is 24.2. The third-order valence-corrected chi connectivity index (χ3v) is 7.64. The fourth-order valence-electron chi connectivity index (χ4n) is 4.09. The van der Waals surface area contributed by atoms with Gasteiger partial charge in [0.1, 0.15) is 6.54 Å². The van der Waals surface area contributed by atoms with E-state index in [9.17, 15) is 18.0 Å². The van der Waals surface area contributed by atoms with E-state index in [0.717, 1.165) is 16.7 Å². The van der Waals surface area contributed by atoms with Crippen LogP contribution in [0, 0.1) is 26.7 Å². The normalized spacial score (nSPS) is 14.7. The lowest BCUT2D eigenvalue weighted by Crippen LogP contribution is -2.46. The average molecular weight is 473 g/mol. The number of esters is 1. The molecule has 7 nitrogen and oxygen atoms in total. The molecule has 2 aromatic rings. The van der Waals surface area contributed by atoms with E-state index in [1.165, 1.54) is 4.31 Å². The molecular weight excluding hydrogens is 440 g/mol. The monoisotopic (exact) mass is 472 g/mol. The van der Waals surface area contributed by atoms with Crippen LogP contribution in [0.5, 0.6) is 0 Å². The number of anilines is 1. The molecule has 0 radical (unpaired) electrons. The third-order valence-electron chi connectivity index (χ3n) is 5.85. The molecule has 0 N–H and O–H groups in total. The minimum absolute atomic E-state index is 0.140. The maximum Gasteiger partial charge on any atom is 0.309 e. The number of benzene rings is 2. The van der Waals surface area contributed by atoms with Crippen LogP contribution in [-0.4, -0.2) is 51.4 Å². The summed E-state index contributed by atoms with van der Waals surface area (Å²) in [5.74, 6) is -0.739. The Balaban J connectivity index is 1.85. The fourth-order valence-corrected chi connectivity index (χ4v) is 5.49. The van der Waals surface area contributed by atoms with Gasteiger partial charge in [0.15, 0.2) is 0 Å². The second-order valence-electron chi connectivity index (χ2n) is 8.58.